The molecule has 2 aromatic heterocycles. The van der Waals surface area contributed by atoms with E-state index >= 15 is 0 Å². The van der Waals surface area contributed by atoms with Crippen molar-refractivity contribution >= 4 is 22.6 Å². The standard InChI is InChI=1S/C13H12N4O/c1-7-2-3-8(4-10(7)15)12-17-11-5-9(14)6-16-13(11)18-12/h2-6H,14-15H2,1H3. The van der Waals surface area contributed by atoms with Crippen LogP contribution in [-0.4, -0.2) is 9.97 Å². The number of aryl methyl sites for hydroxylation is 1. The molecule has 0 saturated carbocycles. The van der Waals surface area contributed by atoms with E-state index in [1.807, 2.05) is 25.1 Å². The molecule has 0 atom stereocenters. The zero-order chi connectivity index (χ0) is 12.7. The molecule has 5 nitrogen and oxygen atoms in total. The fourth-order valence-electron chi connectivity index (χ4n) is 1.74. The molecule has 90 valence electrons. The van der Waals surface area contributed by atoms with Crippen LogP contribution in [0.2, 0.25) is 0 Å². The highest BCUT2D eigenvalue weighted by Crippen LogP contribution is 2.26. The van der Waals surface area contributed by atoms with E-state index in [1.54, 1.807) is 12.3 Å². The highest BCUT2D eigenvalue weighted by molar-refractivity contribution is 5.76. The molecule has 1 aromatic carbocycles. The molecule has 0 fully saturated rings. The van der Waals surface area contributed by atoms with E-state index in [9.17, 15) is 0 Å². The maximum absolute atomic E-state index is 5.87. The minimum atomic E-state index is 0.471. The first-order chi connectivity index (χ1) is 8.63. The molecule has 3 rings (SSSR count). The summed E-state index contributed by atoms with van der Waals surface area (Å²) in [5, 5.41) is 0. The smallest absolute Gasteiger partial charge is 0.247 e. The number of aromatic nitrogens is 2. The van der Waals surface area contributed by atoms with Gasteiger partial charge in [-0.05, 0) is 30.7 Å². The average molecular weight is 240 g/mol. The van der Waals surface area contributed by atoms with Crippen LogP contribution in [0.1, 0.15) is 5.56 Å². The highest BCUT2D eigenvalue weighted by Gasteiger charge is 2.10. The largest absolute Gasteiger partial charge is 0.418 e. The van der Waals surface area contributed by atoms with Gasteiger partial charge in [0, 0.05) is 11.3 Å². The summed E-state index contributed by atoms with van der Waals surface area (Å²) in [6.45, 7) is 1.95. The van der Waals surface area contributed by atoms with Crippen LogP contribution in [0, 0.1) is 6.92 Å². The minimum Gasteiger partial charge on any atom is -0.418 e. The van der Waals surface area contributed by atoms with Crippen molar-refractivity contribution in [2.24, 2.45) is 0 Å². The molecule has 0 unspecified atom stereocenters. The van der Waals surface area contributed by atoms with Gasteiger partial charge in [0.25, 0.3) is 0 Å². The Kier molecular flexibility index (Phi) is 2.19. The number of benzene rings is 1. The van der Waals surface area contributed by atoms with Crippen LogP contribution in [0.25, 0.3) is 22.7 Å². The molecule has 4 N–H and O–H groups in total. The van der Waals surface area contributed by atoms with Crippen molar-refractivity contribution in [3.8, 4) is 11.5 Å². The summed E-state index contributed by atoms with van der Waals surface area (Å²) >= 11 is 0. The highest BCUT2D eigenvalue weighted by atomic mass is 16.4. The lowest BCUT2D eigenvalue weighted by Gasteiger charge is -2.00. The van der Waals surface area contributed by atoms with Crippen LogP contribution in [0.4, 0.5) is 11.4 Å². The first-order valence-corrected chi connectivity index (χ1v) is 5.52. The second kappa shape index (κ2) is 3.73. The van der Waals surface area contributed by atoms with Crippen molar-refractivity contribution < 1.29 is 4.42 Å². The Labute approximate surface area is 103 Å². The normalized spacial score (nSPS) is 10.9. The van der Waals surface area contributed by atoms with Gasteiger partial charge in [0.1, 0.15) is 5.52 Å². The predicted molar refractivity (Wildman–Crippen MR) is 70.8 cm³/mol. The molecule has 18 heavy (non-hydrogen) atoms. The SMILES string of the molecule is Cc1ccc(-c2nc3cc(N)cnc3o2)cc1N. The summed E-state index contributed by atoms with van der Waals surface area (Å²) in [4.78, 5) is 8.43. The van der Waals surface area contributed by atoms with Gasteiger partial charge in [-0.1, -0.05) is 6.07 Å². The third-order valence-electron chi connectivity index (χ3n) is 2.79. The number of hydrogen-bond acceptors (Lipinski definition) is 5. The molecule has 5 heteroatoms. The Morgan fingerprint density at radius 1 is 1.17 bits per heavy atom. The Bertz CT molecular complexity index is 733. The van der Waals surface area contributed by atoms with Crippen LogP contribution in [0.3, 0.4) is 0 Å². The lowest BCUT2D eigenvalue weighted by Crippen LogP contribution is -1.89. The first kappa shape index (κ1) is 10.6. The predicted octanol–water partition coefficient (Wildman–Crippen LogP) is 2.36. The van der Waals surface area contributed by atoms with E-state index in [1.165, 1.54) is 0 Å². The van der Waals surface area contributed by atoms with Crippen molar-refractivity contribution in [1.29, 1.82) is 0 Å². The van der Waals surface area contributed by atoms with E-state index < -0.39 is 0 Å². The quantitative estimate of drug-likeness (QED) is 0.637. The minimum absolute atomic E-state index is 0.471. The summed E-state index contributed by atoms with van der Waals surface area (Å²) in [6.07, 6.45) is 1.54. The molecular formula is C13H12N4O. The number of nitrogen functional groups attached to an aromatic ring is 2. The summed E-state index contributed by atoms with van der Waals surface area (Å²) in [6, 6.07) is 7.41. The molecule has 0 spiro atoms. The molecular weight excluding hydrogens is 228 g/mol. The summed E-state index contributed by atoms with van der Waals surface area (Å²) in [5.74, 6) is 0.495. The summed E-state index contributed by atoms with van der Waals surface area (Å²) in [5.41, 5.74) is 15.8. The molecule has 3 aromatic rings. The van der Waals surface area contributed by atoms with Gasteiger partial charge in [-0.2, -0.15) is 0 Å². The van der Waals surface area contributed by atoms with Gasteiger partial charge in [0.2, 0.25) is 11.6 Å². The van der Waals surface area contributed by atoms with Crippen molar-refractivity contribution in [3.63, 3.8) is 0 Å². The molecule has 0 aliphatic heterocycles. The molecule has 0 bridgehead atoms. The van der Waals surface area contributed by atoms with E-state index in [0.717, 1.165) is 11.1 Å². The molecule has 0 saturated heterocycles. The fraction of sp³-hybridized carbons (Fsp3) is 0.0769. The number of oxazole rings is 1. The van der Waals surface area contributed by atoms with Gasteiger partial charge in [-0.15, -0.1) is 0 Å². The second-order valence-corrected chi connectivity index (χ2v) is 4.18. The van der Waals surface area contributed by atoms with Crippen molar-refractivity contribution in [2.45, 2.75) is 6.92 Å². The fourth-order valence-corrected chi connectivity index (χ4v) is 1.74. The van der Waals surface area contributed by atoms with Crippen LogP contribution >= 0.6 is 0 Å². The van der Waals surface area contributed by atoms with Gasteiger partial charge < -0.3 is 15.9 Å². The zero-order valence-corrected chi connectivity index (χ0v) is 9.84. The van der Waals surface area contributed by atoms with Gasteiger partial charge in [-0.3, -0.25) is 0 Å². The Morgan fingerprint density at radius 3 is 2.78 bits per heavy atom. The van der Waals surface area contributed by atoms with Crippen molar-refractivity contribution in [1.82, 2.24) is 9.97 Å². The molecule has 0 aliphatic rings. The molecule has 0 amide bonds. The Balaban J connectivity index is 2.16. The van der Waals surface area contributed by atoms with E-state index in [-0.39, 0.29) is 0 Å². The molecule has 0 aliphatic carbocycles. The van der Waals surface area contributed by atoms with Gasteiger partial charge in [0.15, 0.2) is 0 Å². The lowest BCUT2D eigenvalue weighted by atomic mass is 10.1. The maximum Gasteiger partial charge on any atom is 0.247 e. The van der Waals surface area contributed by atoms with Crippen LogP contribution in [-0.2, 0) is 0 Å². The zero-order valence-electron chi connectivity index (χ0n) is 9.84. The second-order valence-electron chi connectivity index (χ2n) is 4.18. The third kappa shape index (κ3) is 1.66. The van der Waals surface area contributed by atoms with E-state index in [4.69, 9.17) is 15.9 Å². The Hall–Kier alpha value is -2.56. The summed E-state index contributed by atoms with van der Waals surface area (Å²) in [7, 11) is 0. The third-order valence-corrected chi connectivity index (χ3v) is 2.79. The number of nitrogens with zero attached hydrogens (tertiary/aromatic N) is 2. The molecule has 0 radical (unpaired) electrons. The van der Waals surface area contributed by atoms with Crippen LogP contribution in [0.15, 0.2) is 34.9 Å². The lowest BCUT2D eigenvalue weighted by molar-refractivity contribution is 0.608. The van der Waals surface area contributed by atoms with Crippen molar-refractivity contribution in [3.05, 3.63) is 36.0 Å². The number of nitrogens with two attached hydrogens (primary N) is 2. The number of anilines is 2. The monoisotopic (exact) mass is 240 g/mol. The molecule has 2 heterocycles. The van der Waals surface area contributed by atoms with E-state index in [0.29, 0.717) is 28.5 Å². The number of hydrogen-bond donors (Lipinski definition) is 2. The first-order valence-electron chi connectivity index (χ1n) is 5.52. The van der Waals surface area contributed by atoms with Crippen LogP contribution in [0.5, 0.6) is 0 Å². The van der Waals surface area contributed by atoms with Gasteiger partial charge in [0.05, 0.1) is 11.9 Å². The maximum atomic E-state index is 5.87. The topological polar surface area (TPSA) is 91.0 Å². The van der Waals surface area contributed by atoms with E-state index in [2.05, 4.69) is 9.97 Å². The number of pyridine rings is 1. The average Bonchev–Trinajstić information content (AvgIpc) is 2.75. The number of fused-ring (bicyclic) bond motifs is 1. The number of rotatable bonds is 1. The van der Waals surface area contributed by atoms with Gasteiger partial charge in [-0.25, -0.2) is 9.97 Å². The van der Waals surface area contributed by atoms with Gasteiger partial charge >= 0.3 is 0 Å². The summed E-state index contributed by atoms with van der Waals surface area (Å²) < 4.78 is 5.57. The van der Waals surface area contributed by atoms with Crippen LogP contribution < -0.4 is 11.5 Å². The van der Waals surface area contributed by atoms with Crippen molar-refractivity contribution in [2.75, 3.05) is 11.5 Å². The Morgan fingerprint density at radius 2 is 2.00 bits per heavy atom.